The summed E-state index contributed by atoms with van der Waals surface area (Å²) in [5.41, 5.74) is 1.24. The van der Waals surface area contributed by atoms with Gasteiger partial charge in [0.25, 0.3) is 15.9 Å². The lowest BCUT2D eigenvalue weighted by molar-refractivity contribution is 0.277. The fraction of sp³-hybridized carbons (Fsp3) is 0.241. The van der Waals surface area contributed by atoms with Gasteiger partial charge >= 0.3 is 0 Å². The van der Waals surface area contributed by atoms with Crippen molar-refractivity contribution in [2.75, 3.05) is 18.4 Å². The number of pyridine rings is 2. The predicted molar refractivity (Wildman–Crippen MR) is 152 cm³/mol. The second-order valence-corrected chi connectivity index (χ2v) is 11.3. The molecule has 2 N–H and O–H groups in total. The minimum Gasteiger partial charge on any atom is -0.493 e. The molecule has 41 heavy (non-hydrogen) atoms. The van der Waals surface area contributed by atoms with E-state index < -0.39 is 10.0 Å². The van der Waals surface area contributed by atoms with Crippen LogP contribution in [0, 0.1) is 12.3 Å². The molecule has 0 saturated carbocycles. The molecule has 0 saturated heterocycles. The standard InChI is InChI=1S/C29H29N5O6S/c1-6-15-39-28-25(40-23-10-8-7-9-22(23)38-5)27(32-26(33-28)19-11-13-30-21(16-19)18-35)34-41(36,37)24-17-20(12-14-31-24)29(2,3)4/h1,7-14,16-17,35H,15,18H2,2-5H3,(H,32,33,34). The zero-order chi connectivity index (χ0) is 29.6. The lowest BCUT2D eigenvalue weighted by Gasteiger charge is -2.20. The van der Waals surface area contributed by atoms with Crippen LogP contribution in [-0.2, 0) is 22.0 Å². The normalized spacial score (nSPS) is 11.4. The Morgan fingerprint density at radius 2 is 1.76 bits per heavy atom. The lowest BCUT2D eigenvalue weighted by atomic mass is 9.88. The molecule has 0 fully saturated rings. The van der Waals surface area contributed by atoms with Gasteiger partial charge in [-0.15, -0.1) is 6.42 Å². The Morgan fingerprint density at radius 3 is 2.44 bits per heavy atom. The van der Waals surface area contributed by atoms with E-state index in [9.17, 15) is 13.5 Å². The molecule has 3 aromatic heterocycles. The SMILES string of the molecule is C#CCOc1nc(-c2ccnc(CO)c2)nc(NS(=O)(=O)c2cc(C(C)(C)C)ccn2)c1Oc1ccccc1OC. The van der Waals surface area contributed by atoms with Crippen molar-refractivity contribution in [1.29, 1.82) is 0 Å². The van der Waals surface area contributed by atoms with Crippen molar-refractivity contribution in [1.82, 2.24) is 19.9 Å². The van der Waals surface area contributed by atoms with Crippen LogP contribution in [0.1, 0.15) is 32.0 Å². The fourth-order valence-corrected chi connectivity index (χ4v) is 4.63. The van der Waals surface area contributed by atoms with E-state index in [-0.39, 0.29) is 52.7 Å². The topological polar surface area (TPSA) is 146 Å². The third-order valence-corrected chi connectivity index (χ3v) is 6.99. The van der Waals surface area contributed by atoms with Crippen LogP contribution in [0.3, 0.4) is 0 Å². The minimum atomic E-state index is -4.29. The van der Waals surface area contributed by atoms with E-state index in [1.54, 1.807) is 42.5 Å². The molecule has 0 spiro atoms. The Morgan fingerprint density at radius 1 is 1.02 bits per heavy atom. The molecule has 4 rings (SSSR count). The first-order valence-corrected chi connectivity index (χ1v) is 13.9. The number of ether oxygens (including phenoxy) is 3. The molecule has 0 aliphatic carbocycles. The molecular weight excluding hydrogens is 546 g/mol. The van der Waals surface area contributed by atoms with Gasteiger partial charge in [-0.1, -0.05) is 38.8 Å². The average Bonchev–Trinajstić information content (AvgIpc) is 2.97. The summed E-state index contributed by atoms with van der Waals surface area (Å²) in [7, 11) is -2.82. The van der Waals surface area contributed by atoms with Gasteiger partial charge in [0.05, 0.1) is 19.4 Å². The van der Waals surface area contributed by atoms with E-state index >= 15 is 0 Å². The minimum absolute atomic E-state index is 0.0654. The summed E-state index contributed by atoms with van der Waals surface area (Å²) in [6, 6.07) is 13.2. The number of aliphatic hydroxyl groups excluding tert-OH is 1. The third kappa shape index (κ3) is 6.89. The number of para-hydroxylation sites is 2. The Hall–Kier alpha value is -4.73. The number of methoxy groups -OCH3 is 1. The van der Waals surface area contributed by atoms with Crippen molar-refractivity contribution in [2.24, 2.45) is 0 Å². The molecular formula is C29H29N5O6S. The molecule has 212 valence electrons. The molecule has 0 bridgehead atoms. The van der Waals surface area contributed by atoms with Gasteiger partial charge in [0, 0.05) is 18.0 Å². The first-order valence-electron chi connectivity index (χ1n) is 12.4. The van der Waals surface area contributed by atoms with Crippen molar-refractivity contribution in [3.63, 3.8) is 0 Å². The quantitative estimate of drug-likeness (QED) is 0.262. The zero-order valence-electron chi connectivity index (χ0n) is 23.0. The molecule has 3 heterocycles. The monoisotopic (exact) mass is 575 g/mol. The van der Waals surface area contributed by atoms with Crippen LogP contribution in [0.5, 0.6) is 23.1 Å². The summed E-state index contributed by atoms with van der Waals surface area (Å²) in [4.78, 5) is 17.1. The van der Waals surface area contributed by atoms with Crippen molar-refractivity contribution in [3.05, 3.63) is 72.2 Å². The van der Waals surface area contributed by atoms with Crippen molar-refractivity contribution < 1.29 is 27.7 Å². The fourth-order valence-electron chi connectivity index (χ4n) is 3.65. The molecule has 12 heteroatoms. The summed E-state index contributed by atoms with van der Waals surface area (Å²) in [6.45, 7) is 5.38. The van der Waals surface area contributed by atoms with E-state index in [1.807, 2.05) is 20.8 Å². The number of hydrogen-bond acceptors (Lipinski definition) is 10. The van der Waals surface area contributed by atoms with E-state index in [4.69, 9.17) is 20.6 Å². The average molecular weight is 576 g/mol. The number of aromatic nitrogens is 4. The number of terminal acetylenes is 1. The number of nitrogens with zero attached hydrogens (tertiary/aromatic N) is 4. The van der Waals surface area contributed by atoms with Gasteiger partial charge in [-0.05, 0) is 47.4 Å². The molecule has 0 radical (unpaired) electrons. The first-order chi connectivity index (χ1) is 19.6. The summed E-state index contributed by atoms with van der Waals surface area (Å²) in [6.07, 6.45) is 8.34. The van der Waals surface area contributed by atoms with Crippen LogP contribution in [0.4, 0.5) is 5.82 Å². The van der Waals surface area contributed by atoms with Gasteiger partial charge in [-0.25, -0.2) is 9.97 Å². The zero-order valence-corrected chi connectivity index (χ0v) is 23.8. The number of sulfonamides is 1. The van der Waals surface area contributed by atoms with Gasteiger partial charge in [0.2, 0.25) is 5.75 Å². The van der Waals surface area contributed by atoms with Crippen LogP contribution in [0.25, 0.3) is 11.4 Å². The highest BCUT2D eigenvalue weighted by Gasteiger charge is 2.27. The molecule has 1 aromatic carbocycles. The Bertz CT molecular complexity index is 1700. The van der Waals surface area contributed by atoms with E-state index in [1.165, 1.54) is 25.6 Å². The van der Waals surface area contributed by atoms with Gasteiger partial charge in [0.1, 0.15) is 0 Å². The van der Waals surface area contributed by atoms with E-state index in [0.717, 1.165) is 5.56 Å². The number of aliphatic hydroxyl groups is 1. The highest BCUT2D eigenvalue weighted by Crippen LogP contribution is 2.41. The molecule has 0 unspecified atom stereocenters. The third-order valence-electron chi connectivity index (χ3n) is 5.75. The smallest absolute Gasteiger partial charge is 0.280 e. The van der Waals surface area contributed by atoms with Crippen LogP contribution in [0.2, 0.25) is 0 Å². The van der Waals surface area contributed by atoms with Crippen LogP contribution in [0.15, 0.2) is 66.0 Å². The summed E-state index contributed by atoms with van der Waals surface area (Å²) < 4.78 is 47.0. The molecule has 11 nitrogen and oxygen atoms in total. The molecule has 0 amide bonds. The van der Waals surface area contributed by atoms with E-state index in [2.05, 4.69) is 30.6 Å². The number of rotatable bonds is 10. The van der Waals surface area contributed by atoms with Crippen molar-refractivity contribution in [2.45, 2.75) is 37.8 Å². The predicted octanol–water partition coefficient (Wildman–Crippen LogP) is 4.34. The maximum Gasteiger partial charge on any atom is 0.280 e. The first kappa shape index (κ1) is 29.3. The number of anilines is 1. The Balaban J connectivity index is 1.92. The number of nitrogens with one attached hydrogen (secondary N) is 1. The molecule has 0 aliphatic heterocycles. The number of hydrogen-bond donors (Lipinski definition) is 2. The molecule has 0 aliphatic rings. The molecule has 4 aromatic rings. The second-order valence-electron chi connectivity index (χ2n) is 9.71. The van der Waals surface area contributed by atoms with Gasteiger partial charge < -0.3 is 19.3 Å². The second kappa shape index (κ2) is 12.2. The van der Waals surface area contributed by atoms with Crippen LogP contribution in [-0.4, -0.2) is 47.2 Å². The van der Waals surface area contributed by atoms with Gasteiger partial charge in [-0.3, -0.25) is 9.71 Å². The summed E-state index contributed by atoms with van der Waals surface area (Å²) >= 11 is 0. The Kier molecular flexibility index (Phi) is 8.71. The highest BCUT2D eigenvalue weighted by molar-refractivity contribution is 7.92. The van der Waals surface area contributed by atoms with Crippen molar-refractivity contribution in [3.8, 4) is 46.9 Å². The maximum absolute atomic E-state index is 13.7. The van der Waals surface area contributed by atoms with Gasteiger partial charge in [-0.2, -0.15) is 13.4 Å². The van der Waals surface area contributed by atoms with Gasteiger partial charge in [0.15, 0.2) is 34.8 Å². The van der Waals surface area contributed by atoms with Crippen molar-refractivity contribution >= 4 is 15.8 Å². The maximum atomic E-state index is 13.7. The number of benzene rings is 1. The molecule has 0 atom stereocenters. The highest BCUT2D eigenvalue weighted by atomic mass is 32.2. The lowest BCUT2D eigenvalue weighted by Crippen LogP contribution is -2.19. The summed E-state index contributed by atoms with van der Waals surface area (Å²) in [5.74, 6) is 2.53. The Labute approximate surface area is 238 Å². The van der Waals surface area contributed by atoms with E-state index in [0.29, 0.717) is 17.0 Å². The summed E-state index contributed by atoms with van der Waals surface area (Å²) in [5, 5.41) is 9.35. The van der Waals surface area contributed by atoms with Crippen LogP contribution >= 0.6 is 0 Å². The largest absolute Gasteiger partial charge is 0.493 e. The van der Waals surface area contributed by atoms with Crippen LogP contribution < -0.4 is 18.9 Å².